The second-order valence-electron chi connectivity index (χ2n) is 15.6. The van der Waals surface area contributed by atoms with Crippen LogP contribution in [0.15, 0.2) is 70.3 Å². The van der Waals surface area contributed by atoms with Gasteiger partial charge < -0.3 is 9.47 Å². The smallest absolute Gasteiger partial charge is 0.397 e. The Bertz CT molecular complexity index is 2630. The molecule has 6 aromatic rings. The van der Waals surface area contributed by atoms with Crippen molar-refractivity contribution >= 4 is 32.8 Å². The standard InChI is InChI=1S/C43H42F6N4O5S3/c1-25-8-12-27(13-9-25)23-52-38-29(16-19-57-33-18-21-59-40(33)38)36(50-52)31(42(44,45)46)6-4-3-5-7-32(43(47,48)49)37-30-17-20-58-34-22-35(61(54,55)56)60-41(34)39(30)53(51-37)24-28-14-10-26(2)11-15-28/h8-15,18,21-22,31-32H,3-7,16-17,19-20,23-24H2,1-2H3,(H,54,55,56). The lowest BCUT2D eigenvalue weighted by Gasteiger charge is -2.21. The predicted octanol–water partition coefficient (Wildman–Crippen LogP) is 11.3. The van der Waals surface area contributed by atoms with E-state index in [1.54, 1.807) is 10.7 Å². The molecule has 0 saturated carbocycles. The Hall–Kier alpha value is -4.65. The van der Waals surface area contributed by atoms with E-state index in [0.29, 0.717) is 33.2 Å². The molecule has 0 aliphatic carbocycles. The molecule has 0 spiro atoms. The first-order valence-electron chi connectivity index (χ1n) is 19.8. The minimum Gasteiger partial charge on any atom is -0.492 e. The predicted molar refractivity (Wildman–Crippen MR) is 221 cm³/mol. The highest BCUT2D eigenvalue weighted by Crippen LogP contribution is 2.49. The maximum absolute atomic E-state index is 15.1. The number of aryl methyl sites for hydroxylation is 2. The topological polar surface area (TPSA) is 108 Å². The van der Waals surface area contributed by atoms with Crippen molar-refractivity contribution in [2.75, 3.05) is 13.2 Å². The molecule has 2 aromatic carbocycles. The molecule has 18 heteroatoms. The fourth-order valence-electron chi connectivity index (χ4n) is 8.20. The van der Waals surface area contributed by atoms with E-state index in [9.17, 15) is 13.0 Å². The minimum absolute atomic E-state index is 0.000120. The van der Waals surface area contributed by atoms with Gasteiger partial charge in [0.05, 0.1) is 70.7 Å². The van der Waals surface area contributed by atoms with Crippen LogP contribution in [0.2, 0.25) is 0 Å². The molecular weight excluding hydrogens is 863 g/mol. The number of aromatic nitrogens is 4. The largest absolute Gasteiger partial charge is 0.492 e. The molecule has 9 nitrogen and oxygen atoms in total. The van der Waals surface area contributed by atoms with Crippen LogP contribution in [0.4, 0.5) is 26.3 Å². The SMILES string of the molecule is Cc1ccc(Cn2nc(C(CCCCCC(c3nn(Cc4ccc(C)cc4)c4c3CCOc3cc(S(=O)(=O)O)sc3-4)C(F)(F)F)C(F)(F)F)c3c2-c2sccc2OCC3)cc1. The molecule has 4 aromatic heterocycles. The Morgan fingerprint density at radius 1 is 0.705 bits per heavy atom. The van der Waals surface area contributed by atoms with Crippen LogP contribution in [-0.2, 0) is 36.0 Å². The third-order valence-corrected chi connectivity index (χ3v) is 14.5. The second kappa shape index (κ2) is 16.9. The quantitative estimate of drug-likeness (QED) is 0.0698. The molecule has 0 saturated heterocycles. The highest BCUT2D eigenvalue weighted by molar-refractivity contribution is 7.88. The Morgan fingerprint density at radius 2 is 1.18 bits per heavy atom. The Morgan fingerprint density at radius 3 is 1.66 bits per heavy atom. The zero-order valence-electron chi connectivity index (χ0n) is 33.1. The number of hydrogen-bond acceptors (Lipinski definition) is 8. The molecule has 2 unspecified atom stereocenters. The molecule has 0 amide bonds. The van der Waals surface area contributed by atoms with E-state index in [0.717, 1.165) is 28.3 Å². The molecule has 61 heavy (non-hydrogen) atoms. The summed E-state index contributed by atoms with van der Waals surface area (Å²) < 4.78 is 139. The zero-order chi connectivity index (χ0) is 43.3. The van der Waals surface area contributed by atoms with E-state index in [-0.39, 0.29) is 98.1 Å². The Labute approximate surface area is 356 Å². The van der Waals surface area contributed by atoms with Gasteiger partial charge in [-0.15, -0.1) is 22.7 Å². The lowest BCUT2D eigenvalue weighted by Crippen LogP contribution is -2.24. The molecule has 2 atom stereocenters. The zero-order valence-corrected chi connectivity index (χ0v) is 35.6. The maximum Gasteiger partial charge on any atom is 0.397 e. The molecule has 324 valence electrons. The summed E-state index contributed by atoms with van der Waals surface area (Å²) in [5, 5.41) is 11.0. The summed E-state index contributed by atoms with van der Waals surface area (Å²) in [5.74, 6) is -3.31. The summed E-state index contributed by atoms with van der Waals surface area (Å²) in [6, 6.07) is 18.0. The number of halogens is 6. The molecular formula is C43H42F6N4O5S3. The Kier molecular flexibility index (Phi) is 11.9. The van der Waals surface area contributed by atoms with Crippen LogP contribution in [-0.4, -0.2) is 58.1 Å². The van der Waals surface area contributed by atoms with E-state index in [2.05, 4.69) is 10.2 Å². The molecule has 6 heterocycles. The normalized spacial score (nSPS) is 15.1. The van der Waals surface area contributed by atoms with Crippen LogP contribution in [0.3, 0.4) is 0 Å². The first-order valence-corrected chi connectivity index (χ1v) is 23.0. The van der Waals surface area contributed by atoms with Gasteiger partial charge in [0.2, 0.25) is 0 Å². The van der Waals surface area contributed by atoms with Gasteiger partial charge in [-0.3, -0.25) is 13.9 Å². The molecule has 0 radical (unpaired) electrons. The number of rotatable bonds is 13. The first-order chi connectivity index (χ1) is 29.0. The number of benzene rings is 2. The summed E-state index contributed by atoms with van der Waals surface area (Å²) >= 11 is 2.06. The lowest BCUT2D eigenvalue weighted by molar-refractivity contribution is -0.153. The number of alkyl halides is 6. The molecule has 0 bridgehead atoms. The third kappa shape index (κ3) is 9.13. The number of thiophene rings is 2. The van der Waals surface area contributed by atoms with Crippen molar-refractivity contribution in [2.45, 2.75) is 100 Å². The average Bonchev–Trinajstić information content (AvgIpc) is 3.93. The summed E-state index contributed by atoms with van der Waals surface area (Å²) in [5.41, 5.74) is 4.89. The van der Waals surface area contributed by atoms with Crippen molar-refractivity contribution in [1.29, 1.82) is 0 Å². The molecule has 2 aliphatic rings. The van der Waals surface area contributed by atoms with Crippen molar-refractivity contribution in [3.05, 3.63) is 111 Å². The van der Waals surface area contributed by atoms with E-state index in [1.165, 1.54) is 16.0 Å². The van der Waals surface area contributed by atoms with Crippen LogP contribution >= 0.6 is 22.7 Å². The van der Waals surface area contributed by atoms with Crippen molar-refractivity contribution in [2.24, 2.45) is 0 Å². The molecule has 2 aliphatic heterocycles. The third-order valence-electron chi connectivity index (χ3n) is 11.2. The minimum atomic E-state index is -4.76. The summed E-state index contributed by atoms with van der Waals surface area (Å²) in [7, 11) is -4.65. The summed E-state index contributed by atoms with van der Waals surface area (Å²) in [6.45, 7) is 4.26. The van der Waals surface area contributed by atoms with Gasteiger partial charge in [-0.1, -0.05) is 78.9 Å². The van der Waals surface area contributed by atoms with Crippen molar-refractivity contribution in [1.82, 2.24) is 19.6 Å². The van der Waals surface area contributed by atoms with Crippen LogP contribution in [0.5, 0.6) is 11.5 Å². The van der Waals surface area contributed by atoms with Gasteiger partial charge in [0, 0.05) is 30.0 Å². The summed E-state index contributed by atoms with van der Waals surface area (Å²) in [6.07, 6.45) is -9.91. The molecule has 0 fully saturated rings. The van der Waals surface area contributed by atoms with Gasteiger partial charge in [-0.25, -0.2) is 0 Å². The van der Waals surface area contributed by atoms with Crippen LogP contribution in [0.1, 0.15) is 88.7 Å². The van der Waals surface area contributed by atoms with Crippen molar-refractivity contribution < 1.29 is 48.8 Å². The number of fused-ring (bicyclic) bond motifs is 6. The highest BCUT2D eigenvalue weighted by atomic mass is 32.3. The van der Waals surface area contributed by atoms with E-state index in [1.807, 2.05) is 67.8 Å². The van der Waals surface area contributed by atoms with Gasteiger partial charge in [0.15, 0.2) is 4.21 Å². The van der Waals surface area contributed by atoms with Crippen LogP contribution in [0, 0.1) is 13.8 Å². The maximum atomic E-state index is 15.1. The average molecular weight is 905 g/mol. The highest BCUT2D eigenvalue weighted by Gasteiger charge is 2.46. The lowest BCUT2D eigenvalue weighted by atomic mass is 9.90. The summed E-state index contributed by atoms with van der Waals surface area (Å²) in [4.78, 5) is 0.934. The first kappa shape index (κ1) is 43.0. The van der Waals surface area contributed by atoms with Gasteiger partial charge in [0.25, 0.3) is 0 Å². The van der Waals surface area contributed by atoms with Gasteiger partial charge in [-0.2, -0.15) is 45.0 Å². The van der Waals surface area contributed by atoms with Gasteiger partial charge in [-0.05, 0) is 49.3 Å². The number of ether oxygens (including phenoxy) is 2. The Balaban J connectivity index is 1.06. The fourth-order valence-corrected chi connectivity index (χ4v) is 11.0. The van der Waals surface area contributed by atoms with E-state index in [4.69, 9.17) is 9.47 Å². The van der Waals surface area contributed by atoms with Crippen molar-refractivity contribution in [3.63, 3.8) is 0 Å². The van der Waals surface area contributed by atoms with E-state index < -0.39 is 44.9 Å². The fraction of sp³-hybridized carbons (Fsp3) is 0.395. The van der Waals surface area contributed by atoms with Crippen LogP contribution in [0.25, 0.3) is 21.1 Å². The number of nitrogens with zero attached hydrogens (tertiary/aromatic N) is 4. The monoisotopic (exact) mass is 904 g/mol. The van der Waals surface area contributed by atoms with Crippen LogP contribution < -0.4 is 9.47 Å². The molecule has 8 rings (SSSR count). The van der Waals surface area contributed by atoms with Crippen molar-refractivity contribution in [3.8, 4) is 32.6 Å². The molecule has 1 N–H and O–H groups in total. The van der Waals surface area contributed by atoms with Gasteiger partial charge in [0.1, 0.15) is 11.5 Å². The number of unbranched alkanes of at least 4 members (excludes halogenated alkanes) is 2. The number of hydrogen-bond donors (Lipinski definition) is 1. The second-order valence-corrected chi connectivity index (χ2v) is 19.2. The van der Waals surface area contributed by atoms with E-state index >= 15 is 26.3 Å². The van der Waals surface area contributed by atoms with Gasteiger partial charge >= 0.3 is 22.5 Å².